The number of halogens is 3. The number of ether oxygens (including phenoxy) is 1. The van der Waals surface area contributed by atoms with Gasteiger partial charge >= 0.3 is 6.61 Å². The number of benzene rings is 1. The minimum absolute atomic E-state index is 0.0493. The van der Waals surface area contributed by atoms with Crippen molar-refractivity contribution in [1.29, 1.82) is 0 Å². The molecule has 1 unspecified atom stereocenters. The first kappa shape index (κ1) is 12.9. The average molecular weight is 250 g/mol. The molecule has 1 aromatic carbocycles. The van der Waals surface area contributed by atoms with Gasteiger partial charge in [0.1, 0.15) is 5.75 Å². The molecule has 88 valence electrons. The topological polar surface area (TPSA) is 52.3 Å². The van der Waals surface area contributed by atoms with E-state index in [4.69, 9.17) is 17.3 Å². The van der Waals surface area contributed by atoms with Crippen molar-refractivity contribution in [1.82, 2.24) is 0 Å². The van der Waals surface area contributed by atoms with Crippen LogP contribution in [0.5, 0.6) is 5.75 Å². The molecule has 16 heavy (non-hydrogen) atoms. The number of hydrogen-bond acceptors (Lipinski definition) is 3. The Morgan fingerprint density at radius 1 is 1.50 bits per heavy atom. The predicted octanol–water partition coefficient (Wildman–Crippen LogP) is 2.47. The zero-order valence-electron chi connectivity index (χ0n) is 8.41. The lowest BCUT2D eigenvalue weighted by Crippen LogP contribution is -2.26. The van der Waals surface area contributed by atoms with Gasteiger partial charge in [-0.25, -0.2) is 0 Å². The summed E-state index contributed by atoms with van der Waals surface area (Å²) < 4.78 is 28.0. The van der Waals surface area contributed by atoms with E-state index >= 15 is 0 Å². The fourth-order valence-electron chi connectivity index (χ4n) is 1.11. The number of alkyl halides is 2. The SMILES string of the molecule is CC(N)C(=O)c1ccc(OC(F)F)c(Cl)c1. The number of carbonyl (C=O) groups is 1. The van der Waals surface area contributed by atoms with Crippen LogP contribution in [-0.2, 0) is 0 Å². The van der Waals surface area contributed by atoms with Crippen molar-refractivity contribution in [2.24, 2.45) is 5.73 Å². The van der Waals surface area contributed by atoms with Gasteiger partial charge in [-0.2, -0.15) is 8.78 Å². The normalized spacial score (nSPS) is 12.6. The molecule has 0 radical (unpaired) electrons. The van der Waals surface area contributed by atoms with E-state index in [9.17, 15) is 13.6 Å². The van der Waals surface area contributed by atoms with E-state index in [0.29, 0.717) is 0 Å². The Morgan fingerprint density at radius 3 is 2.56 bits per heavy atom. The molecule has 0 heterocycles. The maximum atomic E-state index is 11.9. The lowest BCUT2D eigenvalue weighted by Gasteiger charge is -2.09. The summed E-state index contributed by atoms with van der Waals surface area (Å²) in [5.74, 6) is -0.483. The van der Waals surface area contributed by atoms with Gasteiger partial charge in [-0.05, 0) is 25.1 Å². The summed E-state index contributed by atoms with van der Waals surface area (Å²) in [5.41, 5.74) is 5.66. The highest BCUT2D eigenvalue weighted by Gasteiger charge is 2.14. The maximum Gasteiger partial charge on any atom is 0.387 e. The molecule has 0 bridgehead atoms. The summed E-state index contributed by atoms with van der Waals surface area (Å²) >= 11 is 5.67. The van der Waals surface area contributed by atoms with Gasteiger partial charge in [0.25, 0.3) is 0 Å². The molecule has 0 amide bonds. The molecule has 0 aliphatic carbocycles. The molecule has 2 N–H and O–H groups in total. The van der Waals surface area contributed by atoms with Crippen molar-refractivity contribution < 1.29 is 18.3 Å². The van der Waals surface area contributed by atoms with Gasteiger partial charge in [-0.15, -0.1) is 0 Å². The Balaban J connectivity index is 2.95. The summed E-state index contributed by atoms with van der Waals surface area (Å²) in [6, 6.07) is 3.14. The Hall–Kier alpha value is -1.20. The van der Waals surface area contributed by atoms with Crippen molar-refractivity contribution in [3.05, 3.63) is 28.8 Å². The third-order valence-corrected chi connectivity index (χ3v) is 2.14. The van der Waals surface area contributed by atoms with Gasteiger partial charge in [0, 0.05) is 5.56 Å². The van der Waals surface area contributed by atoms with Crippen molar-refractivity contribution in [3.8, 4) is 5.75 Å². The predicted molar refractivity (Wildman–Crippen MR) is 56.1 cm³/mol. The molecular weight excluding hydrogens is 240 g/mol. The molecule has 1 rings (SSSR count). The van der Waals surface area contributed by atoms with Crippen LogP contribution in [-0.4, -0.2) is 18.4 Å². The van der Waals surface area contributed by atoms with Crippen molar-refractivity contribution >= 4 is 17.4 Å². The molecule has 0 fully saturated rings. The Bertz CT molecular complexity index is 396. The molecule has 1 aromatic rings. The second-order valence-corrected chi connectivity index (χ2v) is 3.58. The molecule has 0 aliphatic heterocycles. The largest absolute Gasteiger partial charge is 0.433 e. The fraction of sp³-hybridized carbons (Fsp3) is 0.300. The monoisotopic (exact) mass is 249 g/mol. The number of nitrogens with two attached hydrogens (primary N) is 1. The van der Waals surface area contributed by atoms with Gasteiger partial charge in [0.05, 0.1) is 11.1 Å². The van der Waals surface area contributed by atoms with E-state index in [2.05, 4.69) is 4.74 Å². The number of carbonyl (C=O) groups excluding carboxylic acids is 1. The van der Waals surface area contributed by atoms with Crippen LogP contribution in [0.4, 0.5) is 8.78 Å². The smallest absolute Gasteiger partial charge is 0.387 e. The lowest BCUT2D eigenvalue weighted by molar-refractivity contribution is -0.0497. The molecule has 0 saturated heterocycles. The summed E-state index contributed by atoms with van der Waals surface area (Å²) in [6.07, 6.45) is 0. The quantitative estimate of drug-likeness (QED) is 0.834. The Morgan fingerprint density at radius 2 is 2.12 bits per heavy atom. The summed E-state index contributed by atoms with van der Waals surface area (Å²) in [7, 11) is 0. The average Bonchev–Trinajstić information content (AvgIpc) is 2.19. The van der Waals surface area contributed by atoms with Gasteiger partial charge in [-0.3, -0.25) is 4.79 Å². The lowest BCUT2D eigenvalue weighted by atomic mass is 10.1. The third-order valence-electron chi connectivity index (χ3n) is 1.85. The highest BCUT2D eigenvalue weighted by molar-refractivity contribution is 6.32. The summed E-state index contributed by atoms with van der Waals surface area (Å²) in [6.45, 7) is -1.42. The van der Waals surface area contributed by atoms with E-state index in [1.807, 2.05) is 0 Å². The highest BCUT2D eigenvalue weighted by Crippen LogP contribution is 2.27. The molecule has 0 saturated carbocycles. The second kappa shape index (κ2) is 5.23. The van der Waals surface area contributed by atoms with Crippen molar-refractivity contribution in [2.75, 3.05) is 0 Å². The van der Waals surface area contributed by atoms with E-state index < -0.39 is 12.7 Å². The first-order valence-corrected chi connectivity index (χ1v) is 4.83. The van der Waals surface area contributed by atoms with Gasteiger partial charge in [0.2, 0.25) is 0 Å². The van der Waals surface area contributed by atoms with Crippen LogP contribution < -0.4 is 10.5 Å². The summed E-state index contributed by atoms with van der Waals surface area (Å²) in [4.78, 5) is 11.5. The van der Waals surface area contributed by atoms with Crippen molar-refractivity contribution in [2.45, 2.75) is 19.6 Å². The first-order valence-electron chi connectivity index (χ1n) is 4.46. The van der Waals surface area contributed by atoms with Crippen LogP contribution in [0.2, 0.25) is 5.02 Å². The highest BCUT2D eigenvalue weighted by atomic mass is 35.5. The molecule has 1 atom stereocenters. The van der Waals surface area contributed by atoms with E-state index in [1.165, 1.54) is 25.1 Å². The number of Topliss-reactive ketones (excluding diaryl/α,β-unsaturated/α-hetero) is 1. The molecule has 6 heteroatoms. The third kappa shape index (κ3) is 3.15. The van der Waals surface area contributed by atoms with Gasteiger partial charge in [0.15, 0.2) is 5.78 Å². The molecular formula is C10H10ClF2NO2. The minimum atomic E-state index is -2.95. The minimum Gasteiger partial charge on any atom is -0.433 e. The van der Waals surface area contributed by atoms with Crippen LogP contribution in [0.1, 0.15) is 17.3 Å². The van der Waals surface area contributed by atoms with Gasteiger partial charge < -0.3 is 10.5 Å². The standard InChI is InChI=1S/C10H10ClF2NO2/c1-5(14)9(15)6-2-3-8(7(11)4-6)16-10(12)13/h2-5,10H,14H2,1H3. The zero-order valence-corrected chi connectivity index (χ0v) is 9.17. The Labute approximate surface area is 96.1 Å². The van der Waals surface area contributed by atoms with Crippen LogP contribution in [0, 0.1) is 0 Å². The number of ketones is 1. The zero-order chi connectivity index (χ0) is 12.3. The van der Waals surface area contributed by atoms with Gasteiger partial charge in [-0.1, -0.05) is 11.6 Å². The molecule has 0 spiro atoms. The first-order chi connectivity index (χ1) is 7.41. The van der Waals surface area contributed by atoms with E-state index in [0.717, 1.165) is 0 Å². The van der Waals surface area contributed by atoms with E-state index in [1.54, 1.807) is 0 Å². The fourth-order valence-corrected chi connectivity index (χ4v) is 1.33. The maximum absolute atomic E-state index is 11.9. The van der Waals surface area contributed by atoms with Crippen LogP contribution >= 0.6 is 11.6 Å². The second-order valence-electron chi connectivity index (χ2n) is 3.18. The van der Waals surface area contributed by atoms with E-state index in [-0.39, 0.29) is 22.1 Å². The summed E-state index contributed by atoms with van der Waals surface area (Å²) in [5, 5.41) is -0.0493. The molecule has 0 aromatic heterocycles. The van der Waals surface area contributed by atoms with Crippen molar-refractivity contribution in [3.63, 3.8) is 0 Å². The van der Waals surface area contributed by atoms with Crippen LogP contribution in [0.3, 0.4) is 0 Å². The van der Waals surface area contributed by atoms with Crippen LogP contribution in [0.25, 0.3) is 0 Å². The van der Waals surface area contributed by atoms with Crippen LogP contribution in [0.15, 0.2) is 18.2 Å². The Kier molecular flexibility index (Phi) is 4.20. The molecule has 0 aliphatic rings. The number of hydrogen-bond donors (Lipinski definition) is 1. The molecule has 3 nitrogen and oxygen atoms in total. The number of rotatable bonds is 4.